The topological polar surface area (TPSA) is 82.2 Å². The van der Waals surface area contributed by atoms with Gasteiger partial charge in [-0.15, -0.1) is 0 Å². The minimum atomic E-state index is -0.115. The van der Waals surface area contributed by atoms with Gasteiger partial charge in [-0.25, -0.2) is 9.67 Å². The van der Waals surface area contributed by atoms with Crippen LogP contribution >= 0.6 is 0 Å². The highest BCUT2D eigenvalue weighted by Gasteiger charge is 2.14. The number of benzene rings is 2. The van der Waals surface area contributed by atoms with E-state index >= 15 is 0 Å². The summed E-state index contributed by atoms with van der Waals surface area (Å²) in [5, 5.41) is 8.06. The van der Waals surface area contributed by atoms with E-state index in [1.54, 1.807) is 24.4 Å². The lowest BCUT2D eigenvalue weighted by atomic mass is 10.1. The van der Waals surface area contributed by atoms with E-state index in [1.807, 2.05) is 49.4 Å². The largest absolute Gasteiger partial charge is 0.497 e. The summed E-state index contributed by atoms with van der Waals surface area (Å²) in [4.78, 5) is 16.5. The number of nitrogens with one attached hydrogen (secondary N) is 1. The van der Waals surface area contributed by atoms with Crippen LogP contribution in [0.1, 0.15) is 24.1 Å². The second kappa shape index (κ2) is 7.56. The lowest BCUT2D eigenvalue weighted by Crippen LogP contribution is -2.28. The number of hydrogen-bond acceptors (Lipinski definition) is 5. The molecule has 0 radical (unpaired) electrons. The smallest absolute Gasteiger partial charge is 0.225 e. The highest BCUT2D eigenvalue weighted by atomic mass is 16.5. The van der Waals surface area contributed by atoms with Crippen LogP contribution in [0.5, 0.6) is 5.75 Å². The summed E-state index contributed by atoms with van der Waals surface area (Å²) in [7, 11) is 1.61. The Morgan fingerprint density at radius 2 is 2.07 bits per heavy atom. The van der Waals surface area contributed by atoms with E-state index in [9.17, 15) is 4.79 Å². The van der Waals surface area contributed by atoms with Gasteiger partial charge in [-0.1, -0.05) is 12.1 Å². The first kappa shape index (κ1) is 17.8. The number of methoxy groups -OCH3 is 1. The van der Waals surface area contributed by atoms with E-state index in [-0.39, 0.29) is 18.4 Å². The maximum absolute atomic E-state index is 12.5. The summed E-state index contributed by atoms with van der Waals surface area (Å²) in [6.45, 7) is 1.96. The number of nitrogens with zero attached hydrogens (tertiary/aromatic N) is 3. The number of amides is 1. The fraction of sp³-hybridized carbons (Fsp3) is 0.190. The molecule has 2 aromatic heterocycles. The van der Waals surface area contributed by atoms with Crippen molar-refractivity contribution >= 4 is 16.9 Å². The van der Waals surface area contributed by atoms with Crippen LogP contribution in [-0.2, 0) is 11.2 Å². The minimum absolute atomic E-state index is 0.0635. The van der Waals surface area contributed by atoms with Gasteiger partial charge in [0.1, 0.15) is 24.0 Å². The standard InChI is InChI=1S/C21H20N4O3/c1-14(15-3-5-17(6-4-15)25-13-22-12-23-25)24-21(26)9-16-11-28-20-10-18(27-2)7-8-19(16)20/h3-8,10-14H,9H2,1-2H3,(H,24,26)/t14-/m1/s1. The summed E-state index contributed by atoms with van der Waals surface area (Å²) in [5.41, 5.74) is 3.49. The van der Waals surface area contributed by atoms with Gasteiger partial charge in [-0.3, -0.25) is 4.79 Å². The quantitative estimate of drug-likeness (QED) is 0.557. The van der Waals surface area contributed by atoms with E-state index in [2.05, 4.69) is 15.4 Å². The first-order valence-corrected chi connectivity index (χ1v) is 8.92. The van der Waals surface area contributed by atoms with Gasteiger partial charge in [0, 0.05) is 17.0 Å². The van der Waals surface area contributed by atoms with Gasteiger partial charge in [-0.2, -0.15) is 5.10 Å². The van der Waals surface area contributed by atoms with Crippen LogP contribution < -0.4 is 10.1 Å². The molecule has 0 saturated heterocycles. The van der Waals surface area contributed by atoms with E-state index in [0.717, 1.165) is 28.0 Å². The maximum atomic E-state index is 12.5. The number of carbonyl (C=O) groups is 1. The van der Waals surface area contributed by atoms with Gasteiger partial charge in [0.2, 0.25) is 5.91 Å². The third-order valence-electron chi connectivity index (χ3n) is 4.67. The third-order valence-corrected chi connectivity index (χ3v) is 4.67. The molecule has 4 aromatic rings. The first-order valence-electron chi connectivity index (χ1n) is 8.92. The lowest BCUT2D eigenvalue weighted by Gasteiger charge is -2.14. The van der Waals surface area contributed by atoms with Gasteiger partial charge in [-0.05, 0) is 36.8 Å². The third kappa shape index (κ3) is 3.59. The van der Waals surface area contributed by atoms with Crippen molar-refractivity contribution in [1.29, 1.82) is 0 Å². The molecule has 2 heterocycles. The highest BCUT2D eigenvalue weighted by Crippen LogP contribution is 2.26. The van der Waals surface area contributed by atoms with Crippen LogP contribution in [0.4, 0.5) is 0 Å². The Morgan fingerprint density at radius 3 is 2.79 bits per heavy atom. The lowest BCUT2D eigenvalue weighted by molar-refractivity contribution is -0.121. The van der Waals surface area contributed by atoms with Crippen molar-refractivity contribution in [3.8, 4) is 11.4 Å². The summed E-state index contributed by atoms with van der Waals surface area (Å²) in [5.74, 6) is 0.659. The molecule has 1 amide bonds. The van der Waals surface area contributed by atoms with Gasteiger partial charge in [0.25, 0.3) is 0 Å². The molecule has 142 valence electrons. The SMILES string of the molecule is COc1ccc2c(CC(=O)N[C@H](C)c3ccc(-n4cncn4)cc3)coc2c1. The monoisotopic (exact) mass is 376 g/mol. The molecular weight excluding hydrogens is 356 g/mol. The fourth-order valence-electron chi connectivity index (χ4n) is 3.13. The molecule has 0 bridgehead atoms. The molecule has 0 saturated carbocycles. The summed E-state index contributed by atoms with van der Waals surface area (Å²) >= 11 is 0. The molecule has 1 atom stereocenters. The molecule has 0 fully saturated rings. The van der Waals surface area contributed by atoms with Gasteiger partial charge in [0.05, 0.1) is 31.5 Å². The molecule has 0 unspecified atom stereocenters. The molecule has 7 heteroatoms. The molecule has 28 heavy (non-hydrogen) atoms. The number of fused-ring (bicyclic) bond motifs is 1. The number of aromatic nitrogens is 3. The Morgan fingerprint density at radius 1 is 1.25 bits per heavy atom. The average molecular weight is 376 g/mol. The fourth-order valence-corrected chi connectivity index (χ4v) is 3.13. The zero-order valence-corrected chi connectivity index (χ0v) is 15.6. The van der Waals surface area contributed by atoms with Crippen molar-refractivity contribution in [2.75, 3.05) is 7.11 Å². The molecule has 0 spiro atoms. The molecule has 0 aliphatic heterocycles. The number of ether oxygens (including phenoxy) is 1. The minimum Gasteiger partial charge on any atom is -0.497 e. The number of furan rings is 1. The first-order chi connectivity index (χ1) is 13.6. The van der Waals surface area contributed by atoms with Crippen LogP contribution in [0.25, 0.3) is 16.7 Å². The van der Waals surface area contributed by atoms with Crippen molar-refractivity contribution in [3.63, 3.8) is 0 Å². The van der Waals surface area contributed by atoms with Crippen LogP contribution in [-0.4, -0.2) is 27.8 Å². The van der Waals surface area contributed by atoms with E-state index in [0.29, 0.717) is 5.58 Å². The zero-order valence-electron chi connectivity index (χ0n) is 15.6. The Bertz CT molecular complexity index is 1080. The molecule has 0 aliphatic carbocycles. The second-order valence-electron chi connectivity index (χ2n) is 6.52. The van der Waals surface area contributed by atoms with Crippen LogP contribution in [0.15, 0.2) is 65.8 Å². The number of hydrogen-bond donors (Lipinski definition) is 1. The number of rotatable bonds is 6. The number of carbonyl (C=O) groups excluding carboxylic acids is 1. The Balaban J connectivity index is 1.42. The molecular formula is C21H20N4O3. The maximum Gasteiger partial charge on any atom is 0.225 e. The van der Waals surface area contributed by atoms with Gasteiger partial charge >= 0.3 is 0 Å². The van der Waals surface area contributed by atoms with Crippen molar-refractivity contribution in [2.45, 2.75) is 19.4 Å². The highest BCUT2D eigenvalue weighted by molar-refractivity contribution is 5.88. The second-order valence-corrected chi connectivity index (χ2v) is 6.52. The van der Waals surface area contributed by atoms with Crippen molar-refractivity contribution < 1.29 is 13.9 Å². The predicted octanol–water partition coefficient (Wildman–Crippen LogP) is 3.44. The molecule has 0 aliphatic rings. The molecule has 1 N–H and O–H groups in total. The molecule has 2 aromatic carbocycles. The van der Waals surface area contributed by atoms with E-state index in [1.165, 1.54) is 6.33 Å². The van der Waals surface area contributed by atoms with Crippen LogP contribution in [0.2, 0.25) is 0 Å². The summed E-state index contributed by atoms with van der Waals surface area (Å²) in [6, 6.07) is 13.3. The van der Waals surface area contributed by atoms with Crippen molar-refractivity contribution in [1.82, 2.24) is 20.1 Å². The Hall–Kier alpha value is -3.61. The van der Waals surface area contributed by atoms with Crippen LogP contribution in [0.3, 0.4) is 0 Å². The van der Waals surface area contributed by atoms with E-state index < -0.39 is 0 Å². The average Bonchev–Trinajstić information content (AvgIpc) is 3.38. The Labute approximate surface area is 161 Å². The molecule has 4 rings (SSSR count). The normalized spacial score (nSPS) is 12.1. The van der Waals surface area contributed by atoms with Gasteiger partial charge in [0.15, 0.2) is 0 Å². The molecule has 7 nitrogen and oxygen atoms in total. The van der Waals surface area contributed by atoms with Crippen molar-refractivity contribution in [2.24, 2.45) is 0 Å². The zero-order chi connectivity index (χ0) is 19.5. The van der Waals surface area contributed by atoms with E-state index in [4.69, 9.17) is 9.15 Å². The van der Waals surface area contributed by atoms with Crippen LogP contribution in [0, 0.1) is 0 Å². The Kier molecular flexibility index (Phi) is 4.80. The summed E-state index contributed by atoms with van der Waals surface area (Å²) in [6.07, 6.45) is 5.01. The van der Waals surface area contributed by atoms with Gasteiger partial charge < -0.3 is 14.5 Å². The predicted molar refractivity (Wildman–Crippen MR) is 104 cm³/mol. The summed E-state index contributed by atoms with van der Waals surface area (Å²) < 4.78 is 12.4. The van der Waals surface area contributed by atoms with Crippen molar-refractivity contribution in [3.05, 3.63) is 72.5 Å².